The van der Waals surface area contributed by atoms with Gasteiger partial charge in [0.2, 0.25) is 5.91 Å². The molecule has 1 amide bonds. The van der Waals surface area contributed by atoms with Crippen molar-refractivity contribution in [1.82, 2.24) is 10.3 Å². The van der Waals surface area contributed by atoms with E-state index in [1.165, 1.54) is 18.2 Å². The number of nitrogens with one attached hydrogen (secondary N) is 1. The van der Waals surface area contributed by atoms with E-state index in [4.69, 9.17) is 0 Å². The number of amides is 1. The molecule has 1 aromatic carbocycles. The summed E-state index contributed by atoms with van der Waals surface area (Å²) in [7, 11) is -3.55. The highest BCUT2D eigenvalue weighted by Crippen LogP contribution is 2.11. The molecule has 0 atom stereocenters. The standard InChI is InChI=1S/C16H17FN2O3S/c17-15-6-2-1-5-14(15)12-23(21,22)9-7-16(20)19-11-13-4-3-8-18-10-13/h1-6,8,10H,7,9,11-12H2,(H,19,20). The molecule has 0 unspecified atom stereocenters. The first kappa shape index (κ1) is 17.1. The van der Waals surface area contributed by atoms with Gasteiger partial charge >= 0.3 is 0 Å². The Labute approximate surface area is 134 Å². The quantitative estimate of drug-likeness (QED) is 0.837. The number of hydrogen-bond donors (Lipinski definition) is 1. The van der Waals surface area contributed by atoms with Crippen LogP contribution in [0.3, 0.4) is 0 Å². The van der Waals surface area contributed by atoms with E-state index in [0.717, 1.165) is 5.56 Å². The molecule has 7 heteroatoms. The third-order valence-corrected chi connectivity index (χ3v) is 4.76. The molecule has 0 saturated heterocycles. The minimum atomic E-state index is -3.55. The largest absolute Gasteiger partial charge is 0.352 e. The second-order valence-corrected chi connectivity index (χ2v) is 7.26. The first-order valence-electron chi connectivity index (χ1n) is 7.06. The number of benzene rings is 1. The predicted molar refractivity (Wildman–Crippen MR) is 84.6 cm³/mol. The van der Waals surface area contributed by atoms with Gasteiger partial charge in [0.1, 0.15) is 5.82 Å². The number of halogens is 1. The SMILES string of the molecule is O=C(CCS(=O)(=O)Cc1ccccc1F)NCc1cccnc1. The van der Waals surface area contributed by atoms with Crippen molar-refractivity contribution in [2.75, 3.05) is 5.75 Å². The molecule has 0 aliphatic carbocycles. The molecule has 2 rings (SSSR count). The van der Waals surface area contributed by atoms with Gasteiger partial charge in [-0.15, -0.1) is 0 Å². The van der Waals surface area contributed by atoms with E-state index in [1.54, 1.807) is 24.5 Å². The summed E-state index contributed by atoms with van der Waals surface area (Å²) in [6.07, 6.45) is 3.09. The molecule has 0 aliphatic heterocycles. The van der Waals surface area contributed by atoms with E-state index in [-0.39, 0.29) is 23.6 Å². The van der Waals surface area contributed by atoms with Crippen molar-refractivity contribution in [3.05, 3.63) is 65.7 Å². The number of sulfone groups is 1. The van der Waals surface area contributed by atoms with Gasteiger partial charge in [0, 0.05) is 30.9 Å². The number of hydrogen-bond acceptors (Lipinski definition) is 4. The Bertz CT molecular complexity index is 764. The topological polar surface area (TPSA) is 76.1 Å². The van der Waals surface area contributed by atoms with E-state index in [0.29, 0.717) is 6.54 Å². The van der Waals surface area contributed by atoms with Gasteiger partial charge in [-0.25, -0.2) is 12.8 Å². The number of pyridine rings is 1. The molecule has 0 spiro atoms. The normalized spacial score (nSPS) is 11.2. The average Bonchev–Trinajstić information content (AvgIpc) is 2.54. The minimum Gasteiger partial charge on any atom is -0.352 e. The van der Waals surface area contributed by atoms with Gasteiger partial charge in [-0.1, -0.05) is 24.3 Å². The van der Waals surface area contributed by atoms with Crippen LogP contribution in [-0.4, -0.2) is 25.1 Å². The molecular weight excluding hydrogens is 319 g/mol. The summed E-state index contributed by atoms with van der Waals surface area (Å²) in [4.78, 5) is 15.6. The number of rotatable bonds is 7. The zero-order valence-electron chi connectivity index (χ0n) is 12.4. The van der Waals surface area contributed by atoms with Gasteiger partial charge in [0.05, 0.1) is 11.5 Å². The maximum absolute atomic E-state index is 13.5. The molecule has 2 aromatic rings. The molecule has 0 fully saturated rings. The summed E-state index contributed by atoms with van der Waals surface area (Å²) in [5, 5.41) is 2.63. The zero-order valence-corrected chi connectivity index (χ0v) is 13.2. The maximum Gasteiger partial charge on any atom is 0.221 e. The molecule has 122 valence electrons. The van der Waals surface area contributed by atoms with Crippen molar-refractivity contribution in [3.63, 3.8) is 0 Å². The Kier molecular flexibility index (Phi) is 5.81. The summed E-state index contributed by atoms with van der Waals surface area (Å²) in [6.45, 7) is 0.292. The van der Waals surface area contributed by atoms with Crippen LogP contribution >= 0.6 is 0 Å². The van der Waals surface area contributed by atoms with Gasteiger partial charge < -0.3 is 5.32 Å². The van der Waals surface area contributed by atoms with Gasteiger partial charge in [0.25, 0.3) is 0 Å². The molecule has 23 heavy (non-hydrogen) atoms. The molecule has 0 aliphatic rings. The van der Waals surface area contributed by atoms with Crippen LogP contribution in [0.1, 0.15) is 17.5 Å². The van der Waals surface area contributed by atoms with E-state index >= 15 is 0 Å². The van der Waals surface area contributed by atoms with Crippen molar-refractivity contribution in [2.45, 2.75) is 18.7 Å². The first-order valence-corrected chi connectivity index (χ1v) is 8.88. The molecule has 1 N–H and O–H groups in total. The lowest BCUT2D eigenvalue weighted by Gasteiger charge is -2.07. The summed E-state index contributed by atoms with van der Waals surface area (Å²) >= 11 is 0. The van der Waals surface area contributed by atoms with Crippen molar-refractivity contribution < 1.29 is 17.6 Å². The molecule has 1 heterocycles. The number of nitrogens with zero attached hydrogens (tertiary/aromatic N) is 1. The highest BCUT2D eigenvalue weighted by Gasteiger charge is 2.16. The highest BCUT2D eigenvalue weighted by molar-refractivity contribution is 7.90. The van der Waals surface area contributed by atoms with Crippen LogP contribution in [0, 0.1) is 5.82 Å². The summed E-state index contributed by atoms with van der Waals surface area (Å²) in [5.41, 5.74) is 0.943. The fourth-order valence-corrected chi connectivity index (χ4v) is 3.31. The number of carbonyl (C=O) groups is 1. The van der Waals surface area contributed by atoms with Gasteiger partial charge in [-0.2, -0.15) is 0 Å². The Balaban J connectivity index is 1.82. The molecular formula is C16H17FN2O3S. The molecule has 5 nitrogen and oxygen atoms in total. The smallest absolute Gasteiger partial charge is 0.221 e. The average molecular weight is 336 g/mol. The predicted octanol–water partition coefficient (Wildman–Crippen LogP) is 1.84. The van der Waals surface area contributed by atoms with E-state index in [2.05, 4.69) is 10.3 Å². The van der Waals surface area contributed by atoms with Gasteiger partial charge in [0.15, 0.2) is 9.84 Å². The fraction of sp³-hybridized carbons (Fsp3) is 0.250. The summed E-state index contributed by atoms with van der Waals surface area (Å²) in [6, 6.07) is 9.27. The number of carbonyl (C=O) groups excluding carboxylic acids is 1. The molecule has 1 aromatic heterocycles. The monoisotopic (exact) mass is 336 g/mol. The van der Waals surface area contributed by atoms with Crippen molar-refractivity contribution in [2.24, 2.45) is 0 Å². The fourth-order valence-electron chi connectivity index (χ4n) is 1.96. The highest BCUT2D eigenvalue weighted by atomic mass is 32.2. The molecule has 0 radical (unpaired) electrons. The lowest BCUT2D eigenvalue weighted by molar-refractivity contribution is -0.120. The van der Waals surface area contributed by atoms with Gasteiger partial charge in [-0.05, 0) is 17.7 Å². The maximum atomic E-state index is 13.5. The van der Waals surface area contributed by atoms with E-state index < -0.39 is 21.4 Å². The Morgan fingerprint density at radius 3 is 2.65 bits per heavy atom. The van der Waals surface area contributed by atoms with Crippen LogP contribution in [0.25, 0.3) is 0 Å². The second-order valence-electron chi connectivity index (χ2n) is 5.07. The minimum absolute atomic E-state index is 0.114. The van der Waals surface area contributed by atoms with Gasteiger partial charge in [-0.3, -0.25) is 9.78 Å². The second kappa shape index (κ2) is 7.82. The summed E-state index contributed by atoms with van der Waals surface area (Å²) < 4.78 is 37.4. The first-order chi connectivity index (χ1) is 11.0. The third-order valence-electron chi connectivity index (χ3n) is 3.19. The Morgan fingerprint density at radius 2 is 1.96 bits per heavy atom. The third kappa shape index (κ3) is 5.78. The Morgan fingerprint density at radius 1 is 1.17 bits per heavy atom. The molecule has 0 bridgehead atoms. The lowest BCUT2D eigenvalue weighted by atomic mass is 10.2. The number of aromatic nitrogens is 1. The summed E-state index contributed by atoms with van der Waals surface area (Å²) in [5.74, 6) is -1.65. The van der Waals surface area contributed by atoms with Crippen molar-refractivity contribution in [3.8, 4) is 0 Å². The van der Waals surface area contributed by atoms with Crippen LogP contribution in [0.15, 0.2) is 48.8 Å². The van der Waals surface area contributed by atoms with Crippen molar-refractivity contribution in [1.29, 1.82) is 0 Å². The van der Waals surface area contributed by atoms with E-state index in [1.807, 2.05) is 6.07 Å². The zero-order chi connectivity index (χ0) is 16.7. The lowest BCUT2D eigenvalue weighted by Crippen LogP contribution is -2.25. The van der Waals surface area contributed by atoms with Crippen LogP contribution < -0.4 is 5.32 Å². The molecule has 0 saturated carbocycles. The van der Waals surface area contributed by atoms with Crippen molar-refractivity contribution >= 4 is 15.7 Å². The Hall–Kier alpha value is -2.28. The van der Waals surface area contributed by atoms with Crippen LogP contribution in [0.5, 0.6) is 0 Å². The van der Waals surface area contributed by atoms with Crippen LogP contribution in [0.4, 0.5) is 4.39 Å². The van der Waals surface area contributed by atoms with Crippen LogP contribution in [-0.2, 0) is 26.9 Å². The van der Waals surface area contributed by atoms with Crippen LogP contribution in [0.2, 0.25) is 0 Å². The van der Waals surface area contributed by atoms with E-state index in [9.17, 15) is 17.6 Å².